The minimum absolute atomic E-state index is 0.171. The van der Waals surface area contributed by atoms with Crippen LogP contribution in [-0.4, -0.2) is 40.3 Å². The zero-order valence-corrected chi connectivity index (χ0v) is 19.6. The van der Waals surface area contributed by atoms with E-state index in [0.717, 1.165) is 11.4 Å². The van der Waals surface area contributed by atoms with E-state index in [1.807, 2.05) is 19.9 Å². The molecule has 35 heavy (non-hydrogen) atoms. The van der Waals surface area contributed by atoms with Crippen LogP contribution >= 0.6 is 0 Å². The molecule has 0 aliphatic heterocycles. The number of carbonyl (C=O) groups excluding carboxylic acids is 2. The SMILES string of the molecule is COc1cccc(NC(=O)COc2ccc(C(=O)Nc3ccc(-n4nc(C)cc4C)nc3)cc2)c1. The van der Waals surface area contributed by atoms with E-state index in [-0.39, 0.29) is 18.4 Å². The number of pyridine rings is 1. The number of hydrogen-bond acceptors (Lipinski definition) is 6. The predicted octanol–water partition coefficient (Wildman–Crippen LogP) is 4.16. The molecular formula is C26H25N5O4. The maximum atomic E-state index is 12.6. The molecular weight excluding hydrogens is 446 g/mol. The van der Waals surface area contributed by atoms with Gasteiger partial charge in [0.05, 0.1) is 24.7 Å². The number of nitrogens with zero attached hydrogens (tertiary/aromatic N) is 3. The highest BCUT2D eigenvalue weighted by Crippen LogP contribution is 2.18. The molecule has 4 rings (SSSR count). The molecule has 2 N–H and O–H groups in total. The molecule has 2 aromatic heterocycles. The van der Waals surface area contributed by atoms with Crippen LogP contribution in [0.25, 0.3) is 5.82 Å². The Morgan fingerprint density at radius 1 is 0.914 bits per heavy atom. The third-order valence-corrected chi connectivity index (χ3v) is 5.07. The zero-order valence-electron chi connectivity index (χ0n) is 19.6. The van der Waals surface area contributed by atoms with Crippen LogP contribution in [0.5, 0.6) is 11.5 Å². The van der Waals surface area contributed by atoms with Crippen LogP contribution in [0, 0.1) is 13.8 Å². The molecule has 9 nitrogen and oxygen atoms in total. The van der Waals surface area contributed by atoms with Crippen LogP contribution in [0.3, 0.4) is 0 Å². The summed E-state index contributed by atoms with van der Waals surface area (Å²) in [5, 5.41) is 9.97. The first-order chi connectivity index (χ1) is 16.9. The van der Waals surface area contributed by atoms with Crippen molar-refractivity contribution in [1.82, 2.24) is 14.8 Å². The minimum atomic E-state index is -0.309. The molecule has 2 aromatic carbocycles. The van der Waals surface area contributed by atoms with Gasteiger partial charge in [0.2, 0.25) is 0 Å². The lowest BCUT2D eigenvalue weighted by atomic mass is 10.2. The first kappa shape index (κ1) is 23.5. The fraction of sp³-hybridized carbons (Fsp3) is 0.154. The molecule has 2 heterocycles. The van der Waals surface area contributed by atoms with Crippen LogP contribution in [0.1, 0.15) is 21.7 Å². The average molecular weight is 472 g/mol. The van der Waals surface area contributed by atoms with Gasteiger partial charge in [-0.25, -0.2) is 9.67 Å². The van der Waals surface area contributed by atoms with Gasteiger partial charge in [-0.15, -0.1) is 0 Å². The van der Waals surface area contributed by atoms with Crippen LogP contribution in [0.2, 0.25) is 0 Å². The summed E-state index contributed by atoms with van der Waals surface area (Å²) in [5.74, 6) is 1.20. The van der Waals surface area contributed by atoms with Gasteiger partial charge in [-0.05, 0) is 68.4 Å². The second kappa shape index (κ2) is 10.5. The van der Waals surface area contributed by atoms with E-state index in [1.54, 1.807) is 78.7 Å². The Bertz CT molecular complexity index is 1330. The van der Waals surface area contributed by atoms with Gasteiger partial charge in [0.15, 0.2) is 12.4 Å². The molecule has 0 radical (unpaired) electrons. The predicted molar refractivity (Wildman–Crippen MR) is 132 cm³/mol. The van der Waals surface area contributed by atoms with Gasteiger partial charge in [-0.3, -0.25) is 9.59 Å². The second-order valence-electron chi connectivity index (χ2n) is 7.79. The number of aromatic nitrogens is 3. The van der Waals surface area contributed by atoms with Crippen molar-refractivity contribution in [3.63, 3.8) is 0 Å². The molecule has 0 saturated heterocycles. The van der Waals surface area contributed by atoms with Gasteiger partial charge in [0.25, 0.3) is 11.8 Å². The number of anilines is 2. The largest absolute Gasteiger partial charge is 0.497 e. The van der Waals surface area contributed by atoms with Crippen LogP contribution in [0.15, 0.2) is 72.9 Å². The number of ether oxygens (including phenoxy) is 2. The van der Waals surface area contributed by atoms with E-state index in [4.69, 9.17) is 9.47 Å². The molecule has 4 aromatic rings. The van der Waals surface area contributed by atoms with E-state index < -0.39 is 0 Å². The Labute approximate surface area is 202 Å². The fourth-order valence-electron chi connectivity index (χ4n) is 3.40. The lowest BCUT2D eigenvalue weighted by molar-refractivity contribution is -0.118. The Balaban J connectivity index is 1.30. The number of carbonyl (C=O) groups is 2. The van der Waals surface area contributed by atoms with Crippen molar-refractivity contribution in [2.75, 3.05) is 24.4 Å². The summed E-state index contributed by atoms with van der Waals surface area (Å²) in [6.07, 6.45) is 1.59. The third-order valence-electron chi connectivity index (χ3n) is 5.07. The Morgan fingerprint density at radius 2 is 1.71 bits per heavy atom. The van der Waals surface area contributed by atoms with E-state index in [2.05, 4.69) is 20.7 Å². The van der Waals surface area contributed by atoms with Crippen LogP contribution < -0.4 is 20.1 Å². The summed E-state index contributed by atoms with van der Waals surface area (Å²) in [6, 6.07) is 19.1. The van der Waals surface area contributed by atoms with Gasteiger partial charge in [0, 0.05) is 23.0 Å². The van der Waals surface area contributed by atoms with Crippen molar-refractivity contribution < 1.29 is 19.1 Å². The molecule has 9 heteroatoms. The molecule has 0 aliphatic rings. The van der Waals surface area contributed by atoms with Crippen molar-refractivity contribution >= 4 is 23.2 Å². The summed E-state index contributed by atoms with van der Waals surface area (Å²) in [6.45, 7) is 3.71. The standard InChI is InChI=1S/C26H25N5O4/c1-17-13-18(2)31(30-17)24-12-9-21(15-27-24)29-26(33)19-7-10-22(11-8-19)35-16-25(32)28-20-5-4-6-23(14-20)34-3/h4-15H,16H2,1-3H3,(H,28,32)(H,29,33). The topological polar surface area (TPSA) is 107 Å². The van der Waals surface area contributed by atoms with Gasteiger partial charge in [-0.2, -0.15) is 5.10 Å². The summed E-state index contributed by atoms with van der Waals surface area (Å²) in [4.78, 5) is 29.1. The molecule has 0 spiro atoms. The van der Waals surface area contributed by atoms with E-state index >= 15 is 0 Å². The maximum absolute atomic E-state index is 12.6. The first-order valence-electron chi connectivity index (χ1n) is 10.9. The third kappa shape index (κ3) is 6.02. The molecule has 0 fully saturated rings. The summed E-state index contributed by atoms with van der Waals surface area (Å²) in [7, 11) is 1.56. The van der Waals surface area contributed by atoms with Gasteiger partial charge in [-0.1, -0.05) is 6.07 Å². The zero-order chi connectivity index (χ0) is 24.8. The molecule has 0 aliphatic carbocycles. The molecule has 0 bridgehead atoms. The van der Waals surface area contributed by atoms with Crippen molar-refractivity contribution in [2.24, 2.45) is 0 Å². The van der Waals surface area contributed by atoms with Crippen molar-refractivity contribution in [1.29, 1.82) is 0 Å². The Morgan fingerprint density at radius 3 is 2.37 bits per heavy atom. The lowest BCUT2D eigenvalue weighted by Gasteiger charge is -2.10. The summed E-state index contributed by atoms with van der Waals surface area (Å²) < 4.78 is 12.4. The summed E-state index contributed by atoms with van der Waals surface area (Å²) in [5.41, 5.74) is 3.51. The number of rotatable bonds is 8. The van der Waals surface area contributed by atoms with E-state index in [9.17, 15) is 9.59 Å². The highest BCUT2D eigenvalue weighted by atomic mass is 16.5. The molecule has 0 unspecified atom stereocenters. The number of nitrogens with one attached hydrogen (secondary N) is 2. The molecule has 0 saturated carbocycles. The van der Waals surface area contributed by atoms with E-state index in [0.29, 0.717) is 34.3 Å². The number of benzene rings is 2. The summed E-state index contributed by atoms with van der Waals surface area (Å²) >= 11 is 0. The van der Waals surface area contributed by atoms with Crippen molar-refractivity contribution in [2.45, 2.75) is 13.8 Å². The lowest BCUT2D eigenvalue weighted by Crippen LogP contribution is -2.20. The first-order valence-corrected chi connectivity index (χ1v) is 10.9. The second-order valence-corrected chi connectivity index (χ2v) is 7.79. The van der Waals surface area contributed by atoms with Gasteiger partial charge < -0.3 is 20.1 Å². The molecule has 178 valence electrons. The van der Waals surface area contributed by atoms with Gasteiger partial charge in [0.1, 0.15) is 11.5 Å². The number of methoxy groups -OCH3 is 1. The monoisotopic (exact) mass is 471 g/mol. The van der Waals surface area contributed by atoms with Crippen molar-refractivity contribution in [3.8, 4) is 17.3 Å². The number of aryl methyl sites for hydroxylation is 2. The fourth-order valence-corrected chi connectivity index (χ4v) is 3.40. The molecule has 2 amide bonds. The average Bonchev–Trinajstić information content (AvgIpc) is 3.21. The number of amides is 2. The van der Waals surface area contributed by atoms with Gasteiger partial charge >= 0.3 is 0 Å². The maximum Gasteiger partial charge on any atom is 0.262 e. The molecule has 0 atom stereocenters. The van der Waals surface area contributed by atoms with E-state index in [1.165, 1.54) is 0 Å². The van der Waals surface area contributed by atoms with Crippen LogP contribution in [-0.2, 0) is 4.79 Å². The normalized spacial score (nSPS) is 10.5. The smallest absolute Gasteiger partial charge is 0.262 e. The van der Waals surface area contributed by atoms with Crippen LogP contribution in [0.4, 0.5) is 11.4 Å². The quantitative estimate of drug-likeness (QED) is 0.400. The van der Waals surface area contributed by atoms with Crippen molar-refractivity contribution in [3.05, 3.63) is 89.9 Å². The Kier molecular flexibility index (Phi) is 7.06. The minimum Gasteiger partial charge on any atom is -0.497 e. The number of hydrogen-bond donors (Lipinski definition) is 2. The Hall–Kier alpha value is -4.66. The highest BCUT2D eigenvalue weighted by molar-refractivity contribution is 6.04. The highest BCUT2D eigenvalue weighted by Gasteiger charge is 2.10.